The van der Waals surface area contributed by atoms with Crippen LogP contribution in [0.3, 0.4) is 0 Å². The minimum atomic E-state index is -0.851. The van der Waals surface area contributed by atoms with Crippen LogP contribution in [-0.4, -0.2) is 28.3 Å². The molecule has 0 bridgehead atoms. The molecule has 1 aliphatic heterocycles. The number of aryl methyl sites for hydroxylation is 1. The van der Waals surface area contributed by atoms with Crippen molar-refractivity contribution in [2.45, 2.75) is 13.3 Å². The predicted octanol–water partition coefficient (Wildman–Crippen LogP) is 3.51. The van der Waals surface area contributed by atoms with E-state index in [4.69, 9.17) is 5.11 Å². The monoisotopic (exact) mass is 324 g/mol. The number of aliphatic imine (C=N–C) groups is 1. The summed E-state index contributed by atoms with van der Waals surface area (Å²) in [5, 5.41) is 9.15. The summed E-state index contributed by atoms with van der Waals surface area (Å²) in [4.78, 5) is 19.9. The number of carbonyl (C=O) groups is 1. The van der Waals surface area contributed by atoms with Gasteiger partial charge in [0.05, 0.1) is 23.5 Å². The summed E-state index contributed by atoms with van der Waals surface area (Å²) in [5.41, 5.74) is 3.45. The highest BCUT2D eigenvalue weighted by Gasteiger charge is 2.24. The van der Waals surface area contributed by atoms with Gasteiger partial charge in [0.1, 0.15) is 5.82 Å². The lowest BCUT2D eigenvalue weighted by Crippen LogP contribution is -2.20. The van der Waals surface area contributed by atoms with E-state index in [1.54, 1.807) is 13.0 Å². The molecule has 0 saturated carbocycles. The molecule has 1 aromatic carbocycles. The van der Waals surface area contributed by atoms with E-state index in [9.17, 15) is 9.18 Å². The van der Waals surface area contributed by atoms with Gasteiger partial charge in [-0.3, -0.25) is 9.79 Å². The van der Waals surface area contributed by atoms with Crippen molar-refractivity contribution in [2.24, 2.45) is 10.9 Å². The van der Waals surface area contributed by atoms with Crippen molar-refractivity contribution in [3.05, 3.63) is 71.3 Å². The van der Waals surface area contributed by atoms with Gasteiger partial charge in [0, 0.05) is 12.5 Å². The Bertz CT molecular complexity index is 829. The number of aliphatic carboxylic acids is 1. The molecular formula is C19H17FN2O2. The van der Waals surface area contributed by atoms with E-state index in [-0.39, 0.29) is 18.2 Å². The van der Waals surface area contributed by atoms with Gasteiger partial charge >= 0.3 is 5.97 Å². The van der Waals surface area contributed by atoms with Gasteiger partial charge in [0.2, 0.25) is 0 Å². The van der Waals surface area contributed by atoms with Crippen molar-refractivity contribution in [1.82, 2.24) is 4.98 Å². The van der Waals surface area contributed by atoms with Crippen LogP contribution in [0.15, 0.2) is 53.5 Å². The molecule has 0 radical (unpaired) electrons. The van der Waals surface area contributed by atoms with Crippen molar-refractivity contribution in [3.63, 3.8) is 0 Å². The molecule has 1 aliphatic rings. The fourth-order valence-electron chi connectivity index (χ4n) is 2.79. The number of carboxylic acid groups (broad SMARTS) is 1. The summed E-state index contributed by atoms with van der Waals surface area (Å²) < 4.78 is 13.4. The molecule has 1 N–H and O–H groups in total. The number of nitrogens with zero attached hydrogens (tertiary/aromatic N) is 2. The number of dihydropyridines is 1. The predicted molar refractivity (Wildman–Crippen MR) is 90.5 cm³/mol. The van der Waals surface area contributed by atoms with E-state index >= 15 is 0 Å². The lowest BCUT2D eigenvalue weighted by Gasteiger charge is -2.22. The number of halogens is 1. The molecule has 2 heterocycles. The quantitative estimate of drug-likeness (QED) is 0.936. The molecule has 1 atom stereocenters. The topological polar surface area (TPSA) is 62.5 Å². The van der Waals surface area contributed by atoms with Crippen LogP contribution >= 0.6 is 0 Å². The number of benzene rings is 1. The van der Waals surface area contributed by atoms with Crippen molar-refractivity contribution in [1.29, 1.82) is 0 Å². The third-order valence-corrected chi connectivity index (χ3v) is 4.03. The second-order valence-corrected chi connectivity index (χ2v) is 5.75. The summed E-state index contributed by atoms with van der Waals surface area (Å²) in [6.07, 6.45) is 1.89. The van der Waals surface area contributed by atoms with E-state index in [0.29, 0.717) is 23.6 Å². The molecule has 5 heteroatoms. The molecule has 2 aromatic rings. The lowest BCUT2D eigenvalue weighted by molar-refractivity contribution is -0.137. The fourth-order valence-corrected chi connectivity index (χ4v) is 2.79. The molecule has 4 nitrogen and oxygen atoms in total. The zero-order chi connectivity index (χ0) is 17.1. The maximum absolute atomic E-state index is 13.4. The van der Waals surface area contributed by atoms with Crippen molar-refractivity contribution < 1.29 is 14.3 Å². The smallest absolute Gasteiger partial charge is 0.304 e. The van der Waals surface area contributed by atoms with Gasteiger partial charge in [-0.1, -0.05) is 30.3 Å². The van der Waals surface area contributed by atoms with E-state index < -0.39 is 5.97 Å². The van der Waals surface area contributed by atoms with E-state index in [1.807, 2.05) is 36.4 Å². The average Bonchev–Trinajstić information content (AvgIpc) is 2.58. The first-order chi connectivity index (χ1) is 11.5. The Morgan fingerprint density at radius 1 is 1.25 bits per heavy atom. The lowest BCUT2D eigenvalue weighted by atomic mass is 9.86. The van der Waals surface area contributed by atoms with Crippen LogP contribution in [0.4, 0.5) is 4.39 Å². The average molecular weight is 324 g/mol. The number of carboxylic acids is 1. The molecule has 0 saturated heterocycles. The van der Waals surface area contributed by atoms with Crippen LogP contribution in [0.5, 0.6) is 0 Å². The van der Waals surface area contributed by atoms with Crippen LogP contribution in [0.25, 0.3) is 5.57 Å². The molecule has 0 aliphatic carbocycles. The zero-order valence-electron chi connectivity index (χ0n) is 13.2. The second-order valence-electron chi connectivity index (χ2n) is 5.75. The third-order valence-electron chi connectivity index (χ3n) is 4.03. The van der Waals surface area contributed by atoms with Crippen LogP contribution in [0.2, 0.25) is 0 Å². The molecule has 1 aromatic heterocycles. The number of allylic oxidation sites excluding steroid dienone is 1. The van der Waals surface area contributed by atoms with Crippen LogP contribution in [-0.2, 0) is 4.79 Å². The zero-order valence-corrected chi connectivity index (χ0v) is 13.2. The molecule has 0 spiro atoms. The number of aromatic nitrogens is 1. The summed E-state index contributed by atoms with van der Waals surface area (Å²) in [6.45, 7) is 1.98. The van der Waals surface area contributed by atoms with Gasteiger partial charge in [-0.05, 0) is 36.3 Å². The Hall–Kier alpha value is -2.82. The molecule has 122 valence electrons. The summed E-state index contributed by atoms with van der Waals surface area (Å²) in [5.74, 6) is -1.39. The third kappa shape index (κ3) is 3.40. The van der Waals surface area contributed by atoms with Gasteiger partial charge in [-0.15, -0.1) is 0 Å². The van der Waals surface area contributed by atoms with Crippen molar-refractivity contribution >= 4 is 17.3 Å². The summed E-state index contributed by atoms with van der Waals surface area (Å²) in [6, 6.07) is 12.6. The second kappa shape index (κ2) is 6.74. The Kier molecular flexibility index (Phi) is 4.51. The molecule has 3 rings (SSSR count). The van der Waals surface area contributed by atoms with Gasteiger partial charge in [-0.25, -0.2) is 9.37 Å². The number of pyridine rings is 1. The molecule has 0 amide bonds. The maximum Gasteiger partial charge on any atom is 0.304 e. The minimum absolute atomic E-state index is 0.0212. The SMILES string of the molecule is Cc1nc(C2=NCC(CC(=O)O)C(c3ccccc3)=C2)ccc1F. The number of rotatable bonds is 4. The maximum atomic E-state index is 13.4. The van der Waals surface area contributed by atoms with Crippen molar-refractivity contribution in [3.8, 4) is 0 Å². The number of hydrogen-bond acceptors (Lipinski definition) is 3. The van der Waals surface area contributed by atoms with E-state index in [2.05, 4.69) is 9.98 Å². The fraction of sp³-hybridized carbons (Fsp3) is 0.211. The van der Waals surface area contributed by atoms with E-state index in [0.717, 1.165) is 11.1 Å². The molecule has 1 unspecified atom stereocenters. The summed E-state index contributed by atoms with van der Waals surface area (Å²) in [7, 11) is 0. The van der Waals surface area contributed by atoms with Gasteiger partial charge in [0.15, 0.2) is 0 Å². The highest BCUT2D eigenvalue weighted by Crippen LogP contribution is 2.30. The first-order valence-corrected chi connectivity index (χ1v) is 7.71. The van der Waals surface area contributed by atoms with Gasteiger partial charge < -0.3 is 5.11 Å². The first kappa shape index (κ1) is 16.1. The van der Waals surface area contributed by atoms with E-state index in [1.165, 1.54) is 6.07 Å². The largest absolute Gasteiger partial charge is 0.481 e. The highest BCUT2D eigenvalue weighted by atomic mass is 19.1. The normalized spacial score (nSPS) is 17.2. The first-order valence-electron chi connectivity index (χ1n) is 7.71. The highest BCUT2D eigenvalue weighted by molar-refractivity contribution is 6.12. The Balaban J connectivity index is 2.01. The van der Waals surface area contributed by atoms with Crippen LogP contribution < -0.4 is 0 Å². The number of hydrogen-bond donors (Lipinski definition) is 1. The Morgan fingerprint density at radius 3 is 2.67 bits per heavy atom. The Labute approximate surface area is 139 Å². The molecular weight excluding hydrogens is 307 g/mol. The Morgan fingerprint density at radius 2 is 2.00 bits per heavy atom. The standard InChI is InChI=1S/C19H17FN2O2/c1-12-16(20)7-8-17(22-12)18-10-15(13-5-3-2-4-6-13)14(11-21-18)9-19(23)24/h2-8,10,14H,9,11H2,1H3,(H,23,24). The van der Waals surface area contributed by atoms with Gasteiger partial charge in [-0.2, -0.15) is 0 Å². The minimum Gasteiger partial charge on any atom is -0.481 e. The molecule has 0 fully saturated rings. The van der Waals surface area contributed by atoms with Crippen LogP contribution in [0, 0.1) is 18.7 Å². The van der Waals surface area contributed by atoms with Gasteiger partial charge in [0.25, 0.3) is 0 Å². The summed E-state index contributed by atoms with van der Waals surface area (Å²) >= 11 is 0. The van der Waals surface area contributed by atoms with Crippen molar-refractivity contribution in [2.75, 3.05) is 6.54 Å². The van der Waals surface area contributed by atoms with Crippen LogP contribution in [0.1, 0.15) is 23.4 Å². The molecule has 24 heavy (non-hydrogen) atoms.